The molecular weight excluding hydrogens is 614 g/mol. The van der Waals surface area contributed by atoms with Crippen LogP contribution in [0.5, 0.6) is 5.75 Å². The number of methoxy groups -OCH3 is 1. The van der Waals surface area contributed by atoms with Gasteiger partial charge in [-0.2, -0.15) is 0 Å². The maximum absolute atomic E-state index is 14.9. The molecule has 0 saturated heterocycles. The van der Waals surface area contributed by atoms with Crippen molar-refractivity contribution in [3.63, 3.8) is 0 Å². The van der Waals surface area contributed by atoms with Gasteiger partial charge < -0.3 is 10.1 Å². The van der Waals surface area contributed by atoms with Crippen LogP contribution in [0.1, 0.15) is 16.7 Å². The van der Waals surface area contributed by atoms with E-state index in [1.54, 1.807) is 30.3 Å². The van der Waals surface area contributed by atoms with Gasteiger partial charge in [0.05, 0.1) is 29.7 Å². The minimum Gasteiger partial charge on any atom is -0.497 e. The summed E-state index contributed by atoms with van der Waals surface area (Å²) in [5.74, 6) is -1.27. The van der Waals surface area contributed by atoms with Crippen LogP contribution in [-0.2, 0) is 19.6 Å². The van der Waals surface area contributed by atoms with Gasteiger partial charge in [-0.25, -0.2) is 18.1 Å². The fourth-order valence-electron chi connectivity index (χ4n) is 5.29. The molecule has 4 aromatic carbocycles. The molecule has 0 spiro atoms. The molecule has 1 N–H and O–H groups in total. The monoisotopic (exact) mass is 640 g/mol. The first-order valence-electron chi connectivity index (χ1n) is 14.1. The van der Waals surface area contributed by atoms with E-state index in [-0.39, 0.29) is 33.7 Å². The largest absolute Gasteiger partial charge is 0.497 e. The van der Waals surface area contributed by atoms with Crippen LogP contribution in [0.2, 0.25) is 0 Å². The van der Waals surface area contributed by atoms with Crippen LogP contribution in [0.4, 0.5) is 14.5 Å². The summed E-state index contributed by atoms with van der Waals surface area (Å²) in [6.45, 7) is 0.151. The van der Waals surface area contributed by atoms with E-state index in [2.05, 4.69) is 5.32 Å². The second-order valence-corrected chi connectivity index (χ2v) is 11.4. The van der Waals surface area contributed by atoms with Crippen LogP contribution < -0.4 is 21.3 Å². The number of thiophene rings is 1. The Morgan fingerprint density at radius 3 is 2.24 bits per heavy atom. The number of rotatable bonds is 10. The zero-order valence-corrected chi connectivity index (χ0v) is 25.2. The number of fused-ring (bicyclic) bond motifs is 1. The number of nitrogens with zero attached hydrogens (tertiary/aromatic N) is 3. The molecule has 0 radical (unpaired) electrons. The number of nitro groups is 1. The maximum atomic E-state index is 14.9. The Bertz CT molecular complexity index is 2170. The first-order valence-corrected chi connectivity index (χ1v) is 15.0. The molecule has 0 atom stereocenters. The van der Waals surface area contributed by atoms with Crippen LogP contribution in [0, 0.1) is 21.7 Å². The molecule has 0 saturated carbocycles. The van der Waals surface area contributed by atoms with Gasteiger partial charge in [-0.1, -0.05) is 42.5 Å². The van der Waals surface area contributed by atoms with Gasteiger partial charge in [-0.05, 0) is 53.1 Å². The number of aromatic nitrogens is 2. The molecule has 0 bridgehead atoms. The van der Waals surface area contributed by atoms with E-state index in [0.717, 1.165) is 33.6 Å². The number of halogens is 2. The lowest BCUT2D eigenvalue weighted by Crippen LogP contribution is -2.39. The Hall–Kier alpha value is -5.46. The van der Waals surface area contributed by atoms with Gasteiger partial charge in [0.2, 0.25) is 0 Å². The van der Waals surface area contributed by atoms with Crippen molar-refractivity contribution in [2.45, 2.75) is 19.6 Å². The molecule has 0 unspecified atom stereocenters. The van der Waals surface area contributed by atoms with Gasteiger partial charge in [0.25, 0.3) is 11.2 Å². The zero-order chi connectivity index (χ0) is 32.4. The topological polar surface area (TPSA) is 108 Å². The highest BCUT2D eigenvalue weighted by Crippen LogP contribution is 2.38. The molecule has 0 aliphatic rings. The number of benzene rings is 4. The summed E-state index contributed by atoms with van der Waals surface area (Å²) < 4.78 is 37.4. The van der Waals surface area contributed by atoms with E-state index in [9.17, 15) is 28.5 Å². The SMILES string of the molecule is COc1cccc(-n2c(=O)c3c(CNCc4ccccc4)c(-c4ccc([N+](=O)[O-])cc4)sc3n(Cc3c(F)cccc3F)c2=O)c1. The molecule has 232 valence electrons. The smallest absolute Gasteiger partial charge is 0.337 e. The lowest BCUT2D eigenvalue weighted by Gasteiger charge is -2.14. The molecule has 6 aromatic rings. The van der Waals surface area contributed by atoms with E-state index in [1.165, 1.54) is 35.9 Å². The summed E-state index contributed by atoms with van der Waals surface area (Å²) in [7, 11) is 1.45. The molecule has 2 aromatic heterocycles. The number of ether oxygens (including phenoxy) is 1. The third kappa shape index (κ3) is 5.83. The summed E-state index contributed by atoms with van der Waals surface area (Å²) in [5.41, 5.74) is 0.454. The Kier molecular flexibility index (Phi) is 8.55. The Labute approximate surface area is 264 Å². The number of hydrogen-bond donors (Lipinski definition) is 1. The molecule has 12 heteroatoms. The third-order valence-corrected chi connectivity index (χ3v) is 8.88. The van der Waals surface area contributed by atoms with Crippen LogP contribution >= 0.6 is 11.3 Å². The molecule has 46 heavy (non-hydrogen) atoms. The van der Waals surface area contributed by atoms with E-state index in [1.807, 2.05) is 30.3 Å². The molecule has 2 heterocycles. The van der Waals surface area contributed by atoms with Crippen LogP contribution in [-0.4, -0.2) is 21.2 Å². The Balaban J connectivity index is 1.63. The summed E-state index contributed by atoms with van der Waals surface area (Å²) in [6.07, 6.45) is 0. The molecular formula is C34H26F2N4O5S. The lowest BCUT2D eigenvalue weighted by molar-refractivity contribution is -0.384. The van der Waals surface area contributed by atoms with E-state index in [0.29, 0.717) is 28.3 Å². The average molecular weight is 641 g/mol. The van der Waals surface area contributed by atoms with E-state index < -0.39 is 34.4 Å². The van der Waals surface area contributed by atoms with Crippen molar-refractivity contribution in [1.82, 2.24) is 14.5 Å². The van der Waals surface area contributed by atoms with Crippen molar-refractivity contribution in [1.29, 1.82) is 0 Å². The van der Waals surface area contributed by atoms with Crippen molar-refractivity contribution < 1.29 is 18.4 Å². The third-order valence-electron chi connectivity index (χ3n) is 7.58. The Morgan fingerprint density at radius 2 is 1.57 bits per heavy atom. The lowest BCUT2D eigenvalue weighted by atomic mass is 10.1. The predicted molar refractivity (Wildman–Crippen MR) is 173 cm³/mol. The van der Waals surface area contributed by atoms with Crippen LogP contribution in [0.25, 0.3) is 26.3 Å². The number of non-ortho nitro benzene ring substituents is 1. The average Bonchev–Trinajstić information content (AvgIpc) is 3.44. The fourth-order valence-corrected chi connectivity index (χ4v) is 6.60. The minimum atomic E-state index is -0.837. The summed E-state index contributed by atoms with van der Waals surface area (Å²) in [4.78, 5) is 40.2. The number of nitro benzene ring substituents is 1. The van der Waals surface area contributed by atoms with Crippen molar-refractivity contribution >= 4 is 27.2 Å². The molecule has 0 fully saturated rings. The van der Waals surface area contributed by atoms with Crippen molar-refractivity contribution in [2.24, 2.45) is 0 Å². The van der Waals surface area contributed by atoms with Crippen molar-refractivity contribution in [2.75, 3.05) is 7.11 Å². The predicted octanol–water partition coefficient (Wildman–Crippen LogP) is 6.41. The highest BCUT2D eigenvalue weighted by atomic mass is 32.1. The second kappa shape index (κ2) is 12.9. The van der Waals surface area contributed by atoms with Gasteiger partial charge in [0.15, 0.2) is 0 Å². The number of nitrogens with one attached hydrogen (secondary N) is 1. The van der Waals surface area contributed by atoms with Gasteiger partial charge in [0.1, 0.15) is 22.2 Å². The van der Waals surface area contributed by atoms with Crippen molar-refractivity contribution in [3.8, 4) is 21.9 Å². The quantitative estimate of drug-likeness (QED) is 0.137. The zero-order valence-electron chi connectivity index (χ0n) is 24.4. The summed E-state index contributed by atoms with van der Waals surface area (Å²) in [5, 5.41) is 14.9. The molecule has 0 aliphatic heterocycles. The second-order valence-electron chi connectivity index (χ2n) is 10.4. The summed E-state index contributed by atoms with van der Waals surface area (Å²) in [6, 6.07) is 25.3. The van der Waals surface area contributed by atoms with Gasteiger partial charge in [-0.15, -0.1) is 11.3 Å². The van der Waals surface area contributed by atoms with Crippen LogP contribution in [0.3, 0.4) is 0 Å². The van der Waals surface area contributed by atoms with E-state index in [4.69, 9.17) is 4.74 Å². The van der Waals surface area contributed by atoms with Crippen molar-refractivity contribution in [3.05, 3.63) is 156 Å². The number of hydrogen-bond acceptors (Lipinski definition) is 7. The fraction of sp³-hybridized carbons (Fsp3) is 0.118. The first-order chi connectivity index (χ1) is 22.3. The normalized spacial score (nSPS) is 11.2. The Morgan fingerprint density at radius 1 is 0.870 bits per heavy atom. The minimum absolute atomic E-state index is 0.110. The highest BCUT2D eigenvalue weighted by Gasteiger charge is 2.25. The molecule has 0 amide bonds. The maximum Gasteiger partial charge on any atom is 0.337 e. The summed E-state index contributed by atoms with van der Waals surface area (Å²) >= 11 is 1.11. The molecule has 0 aliphatic carbocycles. The first kappa shape index (κ1) is 30.6. The van der Waals surface area contributed by atoms with E-state index >= 15 is 0 Å². The molecule has 6 rings (SSSR count). The highest BCUT2D eigenvalue weighted by molar-refractivity contribution is 7.22. The van der Waals surface area contributed by atoms with Crippen LogP contribution in [0.15, 0.2) is 107 Å². The van der Waals surface area contributed by atoms with Gasteiger partial charge in [-0.3, -0.25) is 19.5 Å². The standard InChI is InChI=1S/C34H26F2N4O5S/c1-45-25-10-5-9-24(17-25)39-32(41)30-26(19-37-18-21-7-3-2-4-8-21)31(22-13-15-23(16-14-22)40(43)44)46-33(30)38(34(39)42)20-27-28(35)11-6-12-29(27)36/h2-17,37H,18-20H2,1H3. The van der Waals surface area contributed by atoms with Gasteiger partial charge in [0, 0.05) is 41.7 Å². The van der Waals surface area contributed by atoms with Gasteiger partial charge >= 0.3 is 5.69 Å². The molecule has 9 nitrogen and oxygen atoms in total.